The summed E-state index contributed by atoms with van der Waals surface area (Å²) in [5.74, 6) is -0.0206. The first-order valence-corrected chi connectivity index (χ1v) is 4.94. The van der Waals surface area contributed by atoms with Crippen LogP contribution in [0.5, 0.6) is 0 Å². The number of aliphatic imine (C=N–C) groups is 1. The molecule has 0 aliphatic rings. The van der Waals surface area contributed by atoms with Gasteiger partial charge in [0, 0.05) is 12.7 Å². The van der Waals surface area contributed by atoms with Crippen LogP contribution in [0, 0.1) is 0 Å². The summed E-state index contributed by atoms with van der Waals surface area (Å²) < 4.78 is 0. The normalized spacial score (nSPS) is 12.4. The van der Waals surface area contributed by atoms with E-state index in [-0.39, 0.29) is 0 Å². The maximum atomic E-state index is 11.2. The molecule has 0 aliphatic heterocycles. The van der Waals surface area contributed by atoms with Crippen molar-refractivity contribution >= 4 is 17.4 Å². The van der Waals surface area contributed by atoms with Gasteiger partial charge in [-0.05, 0) is 19.1 Å². The molecule has 0 aliphatic carbocycles. The van der Waals surface area contributed by atoms with Gasteiger partial charge in [0.25, 0.3) is 5.91 Å². The van der Waals surface area contributed by atoms with Crippen LogP contribution in [0.15, 0.2) is 47.0 Å². The molecule has 3 N–H and O–H groups in total. The Morgan fingerprint density at radius 3 is 2.44 bits per heavy atom. The number of nitrogens with two attached hydrogens (primary N) is 1. The fraction of sp³-hybridized carbons (Fsp3) is 0.167. The van der Waals surface area contributed by atoms with Gasteiger partial charge in [-0.15, -0.1) is 0 Å². The molecule has 16 heavy (non-hydrogen) atoms. The SMILES string of the molecule is C/C=C(/C(N)=O)C(=NC)Nc1ccccc1. The molecule has 84 valence electrons. The van der Waals surface area contributed by atoms with Gasteiger partial charge < -0.3 is 11.1 Å². The van der Waals surface area contributed by atoms with Crippen LogP contribution < -0.4 is 11.1 Å². The summed E-state index contributed by atoms with van der Waals surface area (Å²) >= 11 is 0. The number of nitrogens with one attached hydrogen (secondary N) is 1. The zero-order chi connectivity index (χ0) is 12.0. The smallest absolute Gasteiger partial charge is 0.252 e. The molecule has 0 radical (unpaired) electrons. The highest BCUT2D eigenvalue weighted by atomic mass is 16.1. The predicted molar refractivity (Wildman–Crippen MR) is 66.4 cm³/mol. The van der Waals surface area contributed by atoms with Crippen LogP contribution in [0.3, 0.4) is 0 Å². The Morgan fingerprint density at radius 1 is 1.38 bits per heavy atom. The van der Waals surface area contributed by atoms with Gasteiger partial charge in [-0.2, -0.15) is 0 Å². The largest absolute Gasteiger partial charge is 0.365 e. The van der Waals surface area contributed by atoms with Gasteiger partial charge in [-0.3, -0.25) is 9.79 Å². The molecule has 1 aromatic rings. The molecule has 0 unspecified atom stereocenters. The lowest BCUT2D eigenvalue weighted by Crippen LogP contribution is -2.25. The van der Waals surface area contributed by atoms with E-state index in [0.717, 1.165) is 5.69 Å². The second-order valence-electron chi connectivity index (χ2n) is 3.13. The van der Waals surface area contributed by atoms with Crippen molar-refractivity contribution in [1.29, 1.82) is 0 Å². The zero-order valence-corrected chi connectivity index (χ0v) is 9.40. The molecule has 0 heterocycles. The number of amidine groups is 1. The minimum absolute atomic E-state index is 0.381. The van der Waals surface area contributed by atoms with Crippen LogP contribution in [0.1, 0.15) is 6.92 Å². The van der Waals surface area contributed by atoms with E-state index in [1.165, 1.54) is 0 Å². The number of allylic oxidation sites excluding steroid dienone is 1. The number of primary amides is 1. The third-order valence-corrected chi connectivity index (χ3v) is 2.07. The second kappa shape index (κ2) is 5.70. The Hall–Kier alpha value is -2.10. The molecule has 0 saturated carbocycles. The van der Waals surface area contributed by atoms with Gasteiger partial charge in [-0.1, -0.05) is 24.3 Å². The minimum atomic E-state index is -0.494. The van der Waals surface area contributed by atoms with Gasteiger partial charge >= 0.3 is 0 Å². The van der Waals surface area contributed by atoms with Crippen molar-refractivity contribution in [3.05, 3.63) is 42.0 Å². The van der Waals surface area contributed by atoms with Crippen LogP contribution in [-0.4, -0.2) is 18.8 Å². The van der Waals surface area contributed by atoms with Gasteiger partial charge in [0.15, 0.2) is 0 Å². The summed E-state index contributed by atoms with van der Waals surface area (Å²) in [6.07, 6.45) is 1.64. The lowest BCUT2D eigenvalue weighted by Gasteiger charge is -2.10. The third-order valence-electron chi connectivity index (χ3n) is 2.07. The maximum Gasteiger partial charge on any atom is 0.252 e. The molecule has 4 nitrogen and oxygen atoms in total. The van der Waals surface area contributed by atoms with Gasteiger partial charge in [0.1, 0.15) is 5.84 Å². The zero-order valence-electron chi connectivity index (χ0n) is 9.40. The number of hydrogen-bond donors (Lipinski definition) is 2. The third kappa shape index (κ3) is 2.95. The van der Waals surface area contributed by atoms with E-state index >= 15 is 0 Å². The second-order valence-corrected chi connectivity index (χ2v) is 3.13. The fourth-order valence-corrected chi connectivity index (χ4v) is 1.30. The summed E-state index contributed by atoms with van der Waals surface area (Å²) in [7, 11) is 1.61. The van der Waals surface area contributed by atoms with Gasteiger partial charge in [0.2, 0.25) is 0 Å². The van der Waals surface area contributed by atoms with Crippen LogP contribution in [-0.2, 0) is 4.79 Å². The molecule has 1 aromatic carbocycles. The van der Waals surface area contributed by atoms with E-state index < -0.39 is 5.91 Å². The monoisotopic (exact) mass is 217 g/mol. The van der Waals surface area contributed by atoms with Crippen molar-refractivity contribution in [3.8, 4) is 0 Å². The maximum absolute atomic E-state index is 11.2. The van der Waals surface area contributed by atoms with Crippen LogP contribution in [0.4, 0.5) is 5.69 Å². The first-order valence-electron chi connectivity index (χ1n) is 4.94. The van der Waals surface area contributed by atoms with Crippen molar-refractivity contribution in [1.82, 2.24) is 0 Å². The molecule has 1 amide bonds. The van der Waals surface area contributed by atoms with Crippen molar-refractivity contribution in [3.63, 3.8) is 0 Å². The molecule has 0 saturated heterocycles. The standard InChI is InChI=1S/C12H15N3O/c1-3-10(11(13)16)12(14-2)15-9-7-5-4-6-8-9/h3-8H,1-2H3,(H2,13,16)(H,14,15)/b10-3-. The van der Waals surface area contributed by atoms with E-state index in [1.54, 1.807) is 20.0 Å². The fourth-order valence-electron chi connectivity index (χ4n) is 1.30. The number of para-hydroxylation sites is 1. The molecule has 0 aromatic heterocycles. The first kappa shape index (κ1) is 12.0. The number of hydrogen-bond acceptors (Lipinski definition) is 2. The number of nitrogens with zero attached hydrogens (tertiary/aromatic N) is 1. The van der Waals surface area contributed by atoms with Crippen LogP contribution >= 0.6 is 0 Å². The summed E-state index contributed by atoms with van der Waals surface area (Å²) in [6.45, 7) is 1.75. The highest BCUT2D eigenvalue weighted by Crippen LogP contribution is 2.08. The van der Waals surface area contributed by atoms with E-state index in [4.69, 9.17) is 5.73 Å². The molecule has 0 fully saturated rings. The Kier molecular flexibility index (Phi) is 4.27. The number of carbonyl (C=O) groups is 1. The highest BCUT2D eigenvalue weighted by Gasteiger charge is 2.11. The van der Waals surface area contributed by atoms with Crippen LogP contribution in [0.2, 0.25) is 0 Å². The van der Waals surface area contributed by atoms with Crippen molar-refractivity contribution < 1.29 is 4.79 Å². The quantitative estimate of drug-likeness (QED) is 0.458. The summed E-state index contributed by atoms with van der Waals surface area (Å²) in [5, 5.41) is 3.04. The number of anilines is 1. The number of benzene rings is 1. The Balaban J connectivity index is 2.90. The number of rotatable bonds is 3. The summed E-state index contributed by atoms with van der Waals surface area (Å²) in [5.41, 5.74) is 6.49. The molecular formula is C12H15N3O. The van der Waals surface area contributed by atoms with Crippen LogP contribution in [0.25, 0.3) is 0 Å². The molecule has 0 bridgehead atoms. The Bertz CT molecular complexity index is 421. The average molecular weight is 217 g/mol. The lowest BCUT2D eigenvalue weighted by atomic mass is 10.2. The van der Waals surface area contributed by atoms with E-state index in [2.05, 4.69) is 10.3 Å². The topological polar surface area (TPSA) is 67.5 Å². The lowest BCUT2D eigenvalue weighted by molar-refractivity contribution is -0.114. The van der Waals surface area contributed by atoms with Crippen molar-refractivity contribution in [2.45, 2.75) is 6.92 Å². The number of amides is 1. The predicted octanol–water partition coefficient (Wildman–Crippen LogP) is 1.56. The van der Waals surface area contributed by atoms with Gasteiger partial charge in [-0.25, -0.2) is 0 Å². The van der Waals surface area contributed by atoms with Crippen molar-refractivity contribution in [2.75, 3.05) is 12.4 Å². The molecular weight excluding hydrogens is 202 g/mol. The summed E-state index contributed by atoms with van der Waals surface area (Å²) in [6, 6.07) is 9.49. The van der Waals surface area contributed by atoms with Gasteiger partial charge in [0.05, 0.1) is 5.57 Å². The Labute approximate surface area is 94.9 Å². The molecule has 0 spiro atoms. The van der Waals surface area contributed by atoms with E-state index in [1.807, 2.05) is 30.3 Å². The first-order chi connectivity index (χ1) is 7.69. The van der Waals surface area contributed by atoms with E-state index in [0.29, 0.717) is 11.4 Å². The number of carbonyl (C=O) groups excluding carboxylic acids is 1. The minimum Gasteiger partial charge on any atom is -0.365 e. The summed E-state index contributed by atoms with van der Waals surface area (Å²) in [4.78, 5) is 15.2. The average Bonchev–Trinajstić information content (AvgIpc) is 2.29. The van der Waals surface area contributed by atoms with E-state index in [9.17, 15) is 4.79 Å². The molecule has 0 atom stereocenters. The Morgan fingerprint density at radius 2 is 2.00 bits per heavy atom. The van der Waals surface area contributed by atoms with Crippen molar-refractivity contribution in [2.24, 2.45) is 10.7 Å². The molecule has 4 heteroatoms. The highest BCUT2D eigenvalue weighted by molar-refractivity contribution is 6.24. The molecule has 1 rings (SSSR count).